The van der Waals surface area contributed by atoms with Crippen LogP contribution in [0.4, 0.5) is 16.3 Å². The van der Waals surface area contributed by atoms with E-state index in [0.717, 1.165) is 51.7 Å². The Kier molecular flexibility index (Phi) is 7.20. The molecule has 7 heteroatoms. The summed E-state index contributed by atoms with van der Waals surface area (Å²) in [5, 5.41) is 3.75. The van der Waals surface area contributed by atoms with Crippen molar-refractivity contribution in [3.8, 4) is 0 Å². The summed E-state index contributed by atoms with van der Waals surface area (Å²) in [7, 11) is 0. The minimum absolute atomic E-state index is 0.0748. The molecule has 1 aromatic heterocycles. The Hall–Kier alpha value is -2.83. The van der Waals surface area contributed by atoms with Crippen molar-refractivity contribution < 1.29 is 9.53 Å². The number of nitrogens with zero attached hydrogens (tertiary/aromatic N) is 4. The van der Waals surface area contributed by atoms with Gasteiger partial charge in [0, 0.05) is 54.6 Å². The molecule has 2 aliphatic heterocycles. The normalized spacial score (nSPS) is 21.9. The zero-order valence-corrected chi connectivity index (χ0v) is 25.1. The fourth-order valence-electron chi connectivity index (χ4n) is 7.85. The minimum atomic E-state index is -0.502. The van der Waals surface area contributed by atoms with E-state index < -0.39 is 5.60 Å². The van der Waals surface area contributed by atoms with E-state index in [1.807, 2.05) is 25.7 Å². The summed E-state index contributed by atoms with van der Waals surface area (Å²) < 4.78 is 5.92. The molecule has 1 saturated heterocycles. The van der Waals surface area contributed by atoms with Gasteiger partial charge in [-0.2, -0.15) is 0 Å². The second-order valence-electron chi connectivity index (χ2n) is 14.0. The van der Waals surface area contributed by atoms with Crippen molar-refractivity contribution in [1.82, 2.24) is 14.9 Å². The quantitative estimate of drug-likeness (QED) is 0.445. The number of piperidine rings is 1. The van der Waals surface area contributed by atoms with Crippen molar-refractivity contribution in [2.75, 3.05) is 29.9 Å². The molecule has 0 radical (unpaired) electrons. The van der Waals surface area contributed by atoms with Gasteiger partial charge in [-0.15, -0.1) is 0 Å². The lowest BCUT2D eigenvalue weighted by atomic mass is 9.72. The van der Waals surface area contributed by atoms with Crippen molar-refractivity contribution in [1.29, 1.82) is 0 Å². The van der Waals surface area contributed by atoms with Gasteiger partial charge >= 0.3 is 6.09 Å². The van der Waals surface area contributed by atoms with Crippen LogP contribution in [0.3, 0.4) is 0 Å². The average molecular weight is 546 g/mol. The maximum atomic E-state index is 13.5. The highest BCUT2D eigenvalue weighted by Crippen LogP contribution is 2.48. The molecule has 1 spiro atoms. The number of benzene rings is 1. The molecular weight excluding hydrogens is 498 g/mol. The largest absolute Gasteiger partial charge is 0.444 e. The summed E-state index contributed by atoms with van der Waals surface area (Å²) in [5.74, 6) is 2.33. The van der Waals surface area contributed by atoms with E-state index in [0.29, 0.717) is 18.4 Å². The zero-order valence-electron chi connectivity index (χ0n) is 25.1. The van der Waals surface area contributed by atoms with Crippen LogP contribution >= 0.6 is 0 Å². The van der Waals surface area contributed by atoms with Gasteiger partial charge in [0.1, 0.15) is 17.7 Å². The molecule has 1 aromatic carbocycles. The zero-order chi connectivity index (χ0) is 28.1. The third-order valence-electron chi connectivity index (χ3n) is 9.87. The number of hydrogen-bond acceptors (Lipinski definition) is 6. The molecule has 1 unspecified atom stereocenters. The number of nitrogens with one attached hydrogen (secondary N) is 1. The van der Waals surface area contributed by atoms with Crippen molar-refractivity contribution in [3.63, 3.8) is 0 Å². The number of fused-ring (bicyclic) bond motifs is 3. The van der Waals surface area contributed by atoms with E-state index in [1.165, 1.54) is 53.2 Å². The van der Waals surface area contributed by atoms with Crippen LogP contribution in [-0.2, 0) is 23.1 Å². The van der Waals surface area contributed by atoms with Gasteiger partial charge in [-0.3, -0.25) is 0 Å². The van der Waals surface area contributed by atoms with Gasteiger partial charge < -0.3 is 19.9 Å². The third kappa shape index (κ3) is 5.05. The Balaban J connectivity index is 1.26. The topological polar surface area (TPSA) is 70.6 Å². The van der Waals surface area contributed by atoms with Gasteiger partial charge in [-0.1, -0.05) is 38.8 Å². The van der Waals surface area contributed by atoms with E-state index in [9.17, 15) is 4.79 Å². The van der Waals surface area contributed by atoms with Crippen LogP contribution in [0.25, 0.3) is 0 Å². The summed E-state index contributed by atoms with van der Waals surface area (Å²) >= 11 is 0. The average Bonchev–Trinajstić information content (AvgIpc) is 3.67. The molecule has 1 N–H and O–H groups in total. The summed E-state index contributed by atoms with van der Waals surface area (Å²) in [4.78, 5) is 27.5. The number of aryl methyl sites for hydroxylation is 1. The smallest absolute Gasteiger partial charge is 0.410 e. The lowest BCUT2D eigenvalue weighted by Gasteiger charge is -2.42. The first kappa shape index (κ1) is 27.3. The number of hydrogen-bond donors (Lipinski definition) is 1. The van der Waals surface area contributed by atoms with Crippen molar-refractivity contribution >= 4 is 17.6 Å². The van der Waals surface area contributed by atoms with Gasteiger partial charge in [0.15, 0.2) is 0 Å². The predicted octanol–water partition coefficient (Wildman–Crippen LogP) is 6.81. The van der Waals surface area contributed by atoms with Crippen LogP contribution in [-0.4, -0.2) is 52.2 Å². The Labute approximate surface area is 240 Å². The van der Waals surface area contributed by atoms with Crippen LogP contribution in [0.15, 0.2) is 24.5 Å². The van der Waals surface area contributed by atoms with Crippen LogP contribution in [0, 0.1) is 5.92 Å². The number of rotatable bonds is 5. The third-order valence-corrected chi connectivity index (χ3v) is 9.87. The van der Waals surface area contributed by atoms with Crippen LogP contribution < -0.4 is 10.2 Å². The second kappa shape index (κ2) is 10.5. The maximum absolute atomic E-state index is 13.5. The minimum Gasteiger partial charge on any atom is -0.444 e. The number of anilines is 2. The molecule has 6 rings (SSSR count). The fourth-order valence-corrected chi connectivity index (χ4v) is 7.85. The second-order valence-corrected chi connectivity index (χ2v) is 14.0. The van der Waals surface area contributed by atoms with E-state index in [1.54, 1.807) is 6.33 Å². The van der Waals surface area contributed by atoms with Crippen molar-refractivity contribution in [2.24, 2.45) is 5.92 Å². The standard InChI is InChI=1S/C33H47N5O2/c1-22(2)25-13-14-26-28(25)30(36-21-35-26)37-17-15-33(16-18-37)20-34-27-12-8-9-23(29(27)33)19-38(24-10-6-7-11-24)31(39)40-32(3,4)5/h8-9,12,21-22,24-25,34H,6-7,10-11,13-20H2,1-5H3. The van der Waals surface area contributed by atoms with Gasteiger partial charge in [-0.25, -0.2) is 14.8 Å². The molecule has 216 valence electrons. The first-order valence-electron chi connectivity index (χ1n) is 15.6. The molecule has 2 aliphatic carbocycles. The van der Waals surface area contributed by atoms with E-state index in [2.05, 4.69) is 47.2 Å². The Morgan fingerprint density at radius 2 is 1.90 bits per heavy atom. The lowest BCUT2D eigenvalue weighted by molar-refractivity contribution is 0.0143. The molecule has 4 aliphatic rings. The lowest BCUT2D eigenvalue weighted by Crippen LogP contribution is -2.46. The molecule has 40 heavy (non-hydrogen) atoms. The molecule has 2 aromatic rings. The monoisotopic (exact) mass is 545 g/mol. The molecule has 1 amide bonds. The van der Waals surface area contributed by atoms with Crippen molar-refractivity contribution in [2.45, 2.75) is 116 Å². The summed E-state index contributed by atoms with van der Waals surface area (Å²) in [5.41, 5.74) is 6.18. The summed E-state index contributed by atoms with van der Waals surface area (Å²) in [6.45, 7) is 14.1. The van der Waals surface area contributed by atoms with E-state index in [-0.39, 0.29) is 17.6 Å². The fraction of sp³-hybridized carbons (Fsp3) is 0.667. The highest BCUT2D eigenvalue weighted by atomic mass is 16.6. The molecule has 3 heterocycles. The molecule has 2 fully saturated rings. The Morgan fingerprint density at radius 1 is 1.15 bits per heavy atom. The van der Waals surface area contributed by atoms with Gasteiger partial charge in [0.05, 0.1) is 0 Å². The first-order chi connectivity index (χ1) is 19.2. The number of carbonyl (C=O) groups is 1. The van der Waals surface area contributed by atoms with Gasteiger partial charge in [-0.05, 0) is 88.3 Å². The SMILES string of the molecule is CC(C)C1CCc2ncnc(N3CCC4(CC3)CNc3cccc(CN(C(=O)OC(C)(C)C)C5CCCC5)c34)c21. The van der Waals surface area contributed by atoms with Crippen LogP contribution in [0.5, 0.6) is 0 Å². The number of ether oxygens (including phenoxy) is 1. The Morgan fingerprint density at radius 3 is 2.60 bits per heavy atom. The number of amides is 1. The molecular formula is C33H47N5O2. The number of aromatic nitrogens is 2. The molecule has 1 atom stereocenters. The summed E-state index contributed by atoms with van der Waals surface area (Å²) in [6, 6.07) is 6.87. The van der Waals surface area contributed by atoms with Gasteiger partial charge in [0.25, 0.3) is 0 Å². The van der Waals surface area contributed by atoms with Crippen LogP contribution in [0.1, 0.15) is 108 Å². The predicted molar refractivity (Wildman–Crippen MR) is 160 cm³/mol. The molecule has 7 nitrogen and oxygen atoms in total. The molecule has 0 bridgehead atoms. The van der Waals surface area contributed by atoms with Crippen molar-refractivity contribution in [3.05, 3.63) is 46.9 Å². The van der Waals surface area contributed by atoms with Gasteiger partial charge in [0.2, 0.25) is 0 Å². The van der Waals surface area contributed by atoms with E-state index in [4.69, 9.17) is 9.72 Å². The maximum Gasteiger partial charge on any atom is 0.410 e. The van der Waals surface area contributed by atoms with E-state index >= 15 is 0 Å². The first-order valence-corrected chi connectivity index (χ1v) is 15.6. The summed E-state index contributed by atoms with van der Waals surface area (Å²) in [6.07, 6.45) is 10.5. The highest BCUT2D eigenvalue weighted by Gasteiger charge is 2.45. The molecule has 1 saturated carbocycles. The number of carbonyl (C=O) groups excluding carboxylic acids is 1. The highest BCUT2D eigenvalue weighted by molar-refractivity contribution is 5.70. The Bertz CT molecular complexity index is 1240. The van der Waals surface area contributed by atoms with Crippen LogP contribution in [0.2, 0.25) is 0 Å².